The summed E-state index contributed by atoms with van der Waals surface area (Å²) in [5.41, 5.74) is 15.6. The van der Waals surface area contributed by atoms with Crippen molar-refractivity contribution in [3.63, 3.8) is 0 Å². The molecule has 12 aliphatic carbocycles. The van der Waals surface area contributed by atoms with E-state index in [0.29, 0.717) is 66.1 Å². The Hall–Kier alpha value is -11.8. The highest BCUT2D eigenvalue weighted by Crippen LogP contribution is 2.70. The summed E-state index contributed by atoms with van der Waals surface area (Å²) in [4.78, 5) is 126. The van der Waals surface area contributed by atoms with Crippen molar-refractivity contribution in [3.05, 3.63) is 251 Å². The van der Waals surface area contributed by atoms with Crippen molar-refractivity contribution >= 4 is 70.8 Å². The quantitative estimate of drug-likeness (QED) is 0.0213. The fraction of sp³-hybridized carbons (Fsp3) is 0.500. The van der Waals surface area contributed by atoms with Crippen molar-refractivity contribution in [2.45, 2.75) is 220 Å². The fourth-order valence-electron chi connectivity index (χ4n) is 26.6. The van der Waals surface area contributed by atoms with Crippen LogP contribution in [0.3, 0.4) is 0 Å². The first kappa shape index (κ1) is 93.4. The highest BCUT2D eigenvalue weighted by atomic mass is 16.7. The van der Waals surface area contributed by atoms with E-state index < -0.39 is 86.4 Å². The van der Waals surface area contributed by atoms with Gasteiger partial charge in [0.25, 0.3) is 11.8 Å². The molecular formula is C108H127N7O17. The third-order valence-corrected chi connectivity index (χ3v) is 33.4. The van der Waals surface area contributed by atoms with Crippen molar-refractivity contribution < 1.29 is 82.2 Å². The molecule has 18 rings (SSSR count). The zero-order valence-corrected chi connectivity index (χ0v) is 76.9. The van der Waals surface area contributed by atoms with Gasteiger partial charge in [0.2, 0.25) is 5.91 Å². The van der Waals surface area contributed by atoms with Gasteiger partial charge in [0.1, 0.15) is 44.0 Å². The van der Waals surface area contributed by atoms with Crippen LogP contribution in [0, 0.1) is 85.8 Å². The standard InChI is InChI=1S/C36H43N3O5.2C36H42N2O6/c1-35-16-14-27(44-34(43)38-21-32(40)39(23-33(41)42)22-24-7-4-3-5-8-24)19-26(35)10-11-28-30-13-12-29(25-9-6-18-37-20-25)36(30,2)17-15-31(28)35;1-35-16-14-27(44-34(42)43-23-32(39)38(22-33(40)41)21-24-7-4-3-5-8-24)19-26(35)10-11-28-30-13-12-29(25-9-6-18-37-20-25)36(30,2)17-15-31(28)35;1-35-16-14-26(44-34(42)43-22-32(39)38-31(33(40)41)19-23-7-4-3-5-8-23)20-25(35)10-11-27-29-13-12-28(24-9-6-18-37-21-24)36(29,2)17-15-30(27)35/h3-10,12,18,20,27-28,30-31H,11,13-17,19,21-23H2,1-2H3,(H,38,43)(H,41,42);3-10,12,18,20,27-28,30-31H,11,13-17,19,21-23H2,1-2H3,(H,40,41);3-10,12,18,21,26-27,29-31H,11,13-17,19-20,22H2,1-2H3,(H,38,39)(H,40,41)/t2*27-,28-,30-,31-,35-,36+;26-,27-,29-,30-,31-,35-,36+/m000/s1. The molecule has 5 N–H and O–H groups in total. The van der Waals surface area contributed by atoms with E-state index in [9.17, 15) is 58.5 Å². The van der Waals surface area contributed by atoms with Crippen molar-refractivity contribution in [2.75, 3.05) is 32.8 Å². The first-order chi connectivity index (χ1) is 63.5. The van der Waals surface area contributed by atoms with E-state index in [1.54, 1.807) is 12.1 Å². The van der Waals surface area contributed by atoms with Gasteiger partial charge < -0.3 is 59.4 Å². The Morgan fingerprint density at radius 1 is 0.402 bits per heavy atom. The van der Waals surface area contributed by atoms with E-state index in [2.05, 4.69) is 122 Å². The monoisotopic (exact) mass is 1790 g/mol. The van der Waals surface area contributed by atoms with Crippen molar-refractivity contribution in [1.29, 1.82) is 0 Å². The van der Waals surface area contributed by atoms with Crippen LogP contribution in [0.2, 0.25) is 0 Å². The maximum atomic E-state index is 12.8. The third-order valence-electron chi connectivity index (χ3n) is 33.4. The fourth-order valence-corrected chi connectivity index (χ4v) is 26.6. The van der Waals surface area contributed by atoms with Crippen LogP contribution in [0.5, 0.6) is 0 Å². The Kier molecular flexibility index (Phi) is 28.3. The number of benzene rings is 3. The number of amides is 4. The lowest BCUT2D eigenvalue weighted by atomic mass is 9.47. The molecule has 0 radical (unpaired) electrons. The number of hydrogen-bond donors (Lipinski definition) is 5. The smallest absolute Gasteiger partial charge is 0.480 e. The lowest BCUT2D eigenvalue weighted by Crippen LogP contribution is -2.50. The number of carbonyl (C=O) groups is 9. The molecule has 12 aliphatic rings. The number of ether oxygens (including phenoxy) is 5. The number of hydrogen-bond acceptors (Lipinski definition) is 17. The highest BCUT2D eigenvalue weighted by molar-refractivity contribution is 5.87. The van der Waals surface area contributed by atoms with E-state index in [1.807, 2.05) is 134 Å². The Balaban J connectivity index is 0.000000144. The Bertz CT molecular complexity index is 5200. The summed E-state index contributed by atoms with van der Waals surface area (Å²) in [6.07, 6.45) is 44.0. The zero-order valence-electron chi connectivity index (χ0n) is 76.9. The Labute approximate surface area is 774 Å². The number of nitrogens with one attached hydrogen (secondary N) is 2. The summed E-state index contributed by atoms with van der Waals surface area (Å²) in [6.45, 7) is 12.5. The predicted molar refractivity (Wildman–Crippen MR) is 497 cm³/mol. The minimum absolute atomic E-state index is 0.0928. The van der Waals surface area contributed by atoms with Gasteiger partial charge in [0, 0.05) is 76.0 Å². The Morgan fingerprint density at radius 3 is 1.12 bits per heavy atom. The number of pyridine rings is 3. The van der Waals surface area contributed by atoms with Crippen molar-refractivity contribution in [3.8, 4) is 0 Å². The lowest BCUT2D eigenvalue weighted by Gasteiger charge is -2.57. The molecule has 24 heteroatoms. The summed E-state index contributed by atoms with van der Waals surface area (Å²) in [6, 6.07) is 38.9. The van der Waals surface area contributed by atoms with E-state index in [-0.39, 0.29) is 76.9 Å². The van der Waals surface area contributed by atoms with Crippen LogP contribution in [0.1, 0.15) is 210 Å². The highest BCUT2D eigenvalue weighted by Gasteiger charge is 2.61. The second-order valence-corrected chi connectivity index (χ2v) is 40.5. The van der Waals surface area contributed by atoms with Crippen LogP contribution in [-0.4, -0.2) is 151 Å². The largest absolute Gasteiger partial charge is 0.509 e. The average Bonchev–Trinajstić information content (AvgIpc) is 1.50. The molecule has 19 atom stereocenters. The minimum atomic E-state index is -1.15. The molecule has 0 aliphatic heterocycles. The molecule has 3 aromatic carbocycles. The first-order valence-corrected chi connectivity index (χ1v) is 47.7. The molecule has 6 fully saturated rings. The molecule has 0 spiro atoms. The first-order valence-electron chi connectivity index (χ1n) is 47.7. The zero-order chi connectivity index (χ0) is 92.7. The number of carboxylic acid groups (broad SMARTS) is 3. The topological polar surface area (TPSA) is 330 Å². The maximum absolute atomic E-state index is 12.8. The van der Waals surface area contributed by atoms with Crippen LogP contribution in [-0.2, 0) is 72.0 Å². The van der Waals surface area contributed by atoms with E-state index in [1.165, 1.54) is 93.6 Å². The van der Waals surface area contributed by atoms with Gasteiger partial charge in [0.15, 0.2) is 13.2 Å². The average molecular weight is 1800 g/mol. The molecule has 3 heterocycles. The number of rotatable bonds is 24. The summed E-state index contributed by atoms with van der Waals surface area (Å²) < 4.78 is 27.4. The van der Waals surface area contributed by atoms with Crippen molar-refractivity contribution in [1.82, 2.24) is 35.4 Å². The van der Waals surface area contributed by atoms with Gasteiger partial charge in [-0.15, -0.1) is 0 Å². The molecule has 132 heavy (non-hydrogen) atoms. The molecule has 0 saturated heterocycles. The predicted octanol–water partition coefficient (Wildman–Crippen LogP) is 19.3. The number of aromatic nitrogens is 3. The van der Waals surface area contributed by atoms with Crippen molar-refractivity contribution in [2.24, 2.45) is 85.8 Å². The third kappa shape index (κ3) is 20.0. The van der Waals surface area contributed by atoms with Crippen LogP contribution < -0.4 is 10.6 Å². The molecule has 0 bridgehead atoms. The summed E-state index contributed by atoms with van der Waals surface area (Å²) in [7, 11) is 0. The van der Waals surface area contributed by atoms with Crippen LogP contribution >= 0.6 is 0 Å². The summed E-state index contributed by atoms with van der Waals surface area (Å²) in [5.74, 6) is 0.492. The second-order valence-electron chi connectivity index (χ2n) is 40.5. The van der Waals surface area contributed by atoms with Gasteiger partial charge >= 0.3 is 36.3 Å². The minimum Gasteiger partial charge on any atom is -0.480 e. The van der Waals surface area contributed by atoms with Gasteiger partial charge in [0.05, 0.1) is 0 Å². The van der Waals surface area contributed by atoms with Crippen LogP contribution in [0.4, 0.5) is 14.4 Å². The van der Waals surface area contributed by atoms with Crippen LogP contribution in [0.15, 0.2) is 218 Å². The van der Waals surface area contributed by atoms with Gasteiger partial charge in [-0.25, -0.2) is 19.2 Å². The molecule has 4 amide bonds. The van der Waals surface area contributed by atoms with Gasteiger partial charge in [-0.05, 0) is 270 Å². The molecule has 3 aromatic heterocycles. The lowest BCUT2D eigenvalue weighted by molar-refractivity contribution is -0.146. The number of carbonyl (C=O) groups excluding carboxylic acids is 6. The van der Waals surface area contributed by atoms with E-state index in [4.69, 9.17) is 23.7 Å². The maximum Gasteiger partial charge on any atom is 0.509 e. The molecule has 24 nitrogen and oxygen atoms in total. The normalized spacial score (nSPS) is 30.7. The number of aliphatic carboxylic acids is 3. The molecule has 6 saturated carbocycles. The van der Waals surface area contributed by atoms with Gasteiger partial charge in [-0.3, -0.25) is 38.9 Å². The molecule has 696 valence electrons. The van der Waals surface area contributed by atoms with Gasteiger partial charge in [-0.2, -0.15) is 0 Å². The number of fused-ring (bicyclic) bond motifs is 15. The number of nitrogens with zero attached hydrogens (tertiary/aromatic N) is 5. The molecular weight excluding hydrogens is 1670 g/mol. The molecule has 6 aromatic rings. The number of carboxylic acids is 3. The van der Waals surface area contributed by atoms with Crippen LogP contribution in [0.25, 0.3) is 16.7 Å². The number of alkyl carbamates (subject to hydrolysis) is 1. The summed E-state index contributed by atoms with van der Waals surface area (Å²) in [5, 5.41) is 33.1. The second kappa shape index (κ2) is 39.9. The van der Waals surface area contributed by atoms with E-state index >= 15 is 0 Å². The number of allylic oxidation sites excluding steroid dienone is 9. The van der Waals surface area contributed by atoms with Gasteiger partial charge in [-0.1, -0.05) is 204 Å². The molecule has 0 unspecified atom stereocenters. The van der Waals surface area contributed by atoms with E-state index in [0.717, 1.165) is 105 Å². The summed E-state index contributed by atoms with van der Waals surface area (Å²) >= 11 is 0. The SMILES string of the molecule is C[C@]12CC[C@H](OC(=O)NCC(=O)N(CC(=O)O)Cc3ccccc3)CC1=CC[C@@H]1[C@@H]2CC[C@]2(C)C(c3cccnc3)=CC[C@@H]12.C[C@]12CC[C@H](OC(=O)OCC(=O)N(CC(=O)O)Cc3ccccc3)CC1=CC[C@@H]1[C@@H]2CC[C@]2(C)C(c3cccnc3)=CC[C@@H]12.C[C@]12CC[C@H](OC(=O)OCC(=O)N[C@@H](Cc3ccccc3)C(=O)O)CC1=CC[C@@H]1[C@@H]2CC[C@]2(C)C(c3cccnc3)=CC[C@@H]12. The Morgan fingerprint density at radius 2 is 0.758 bits per heavy atom.